The summed E-state index contributed by atoms with van der Waals surface area (Å²) in [6.45, 7) is 4.51. The van der Waals surface area contributed by atoms with Crippen molar-refractivity contribution >= 4 is 11.4 Å². The van der Waals surface area contributed by atoms with Crippen LogP contribution in [0.15, 0.2) is 48.8 Å². The van der Waals surface area contributed by atoms with Crippen molar-refractivity contribution < 1.29 is 5.11 Å². The van der Waals surface area contributed by atoms with Crippen molar-refractivity contribution in [3.05, 3.63) is 54.4 Å². The molecule has 3 N–H and O–H groups in total. The highest BCUT2D eigenvalue weighted by molar-refractivity contribution is 5.45. The van der Waals surface area contributed by atoms with E-state index in [9.17, 15) is 5.11 Å². The lowest BCUT2D eigenvalue weighted by Crippen LogP contribution is -2.47. The van der Waals surface area contributed by atoms with Crippen LogP contribution in [0, 0.1) is 0 Å². The van der Waals surface area contributed by atoms with Crippen LogP contribution in [-0.4, -0.2) is 47.7 Å². The highest BCUT2D eigenvalue weighted by atomic mass is 16.3. The number of pyridine rings is 1. The third-order valence-electron chi connectivity index (χ3n) is 4.15. The standard InChI is InChI=1S/C17H22N4O/c18-15-3-1-14(2-4-15)17(22)13-20-9-11-21(12-10-20)16-5-7-19-8-6-16/h1-8,17,22H,9-13,18H2. The van der Waals surface area contributed by atoms with Gasteiger partial charge in [0.05, 0.1) is 6.10 Å². The van der Waals surface area contributed by atoms with E-state index in [0.29, 0.717) is 6.54 Å². The molecule has 116 valence electrons. The van der Waals surface area contributed by atoms with Gasteiger partial charge in [0.15, 0.2) is 0 Å². The molecule has 0 amide bonds. The molecule has 1 aromatic heterocycles. The summed E-state index contributed by atoms with van der Waals surface area (Å²) in [5, 5.41) is 10.3. The third kappa shape index (κ3) is 3.55. The number of rotatable bonds is 4. The van der Waals surface area contributed by atoms with Crippen LogP contribution in [0.5, 0.6) is 0 Å². The fraction of sp³-hybridized carbons (Fsp3) is 0.353. The zero-order valence-electron chi connectivity index (χ0n) is 12.6. The molecule has 0 spiro atoms. The minimum absolute atomic E-state index is 0.465. The SMILES string of the molecule is Nc1ccc(C(O)CN2CCN(c3ccncc3)CC2)cc1. The van der Waals surface area contributed by atoms with Crippen molar-refractivity contribution in [2.75, 3.05) is 43.4 Å². The van der Waals surface area contributed by atoms with Crippen molar-refractivity contribution in [1.82, 2.24) is 9.88 Å². The minimum Gasteiger partial charge on any atom is -0.399 e. The molecule has 2 heterocycles. The summed E-state index contributed by atoms with van der Waals surface area (Å²) < 4.78 is 0. The number of anilines is 2. The number of piperazine rings is 1. The van der Waals surface area contributed by atoms with Gasteiger partial charge in [-0.05, 0) is 29.8 Å². The summed E-state index contributed by atoms with van der Waals surface area (Å²) in [5.41, 5.74) is 8.54. The van der Waals surface area contributed by atoms with Gasteiger partial charge in [0, 0.05) is 56.5 Å². The number of hydrogen-bond acceptors (Lipinski definition) is 5. The smallest absolute Gasteiger partial charge is 0.0916 e. The first-order valence-electron chi connectivity index (χ1n) is 7.63. The summed E-state index contributed by atoms with van der Waals surface area (Å²) in [7, 11) is 0. The van der Waals surface area contributed by atoms with Gasteiger partial charge >= 0.3 is 0 Å². The van der Waals surface area contributed by atoms with E-state index in [1.54, 1.807) is 0 Å². The lowest BCUT2D eigenvalue weighted by Gasteiger charge is -2.36. The quantitative estimate of drug-likeness (QED) is 0.838. The maximum absolute atomic E-state index is 10.3. The lowest BCUT2D eigenvalue weighted by atomic mass is 10.1. The Bertz CT molecular complexity index is 579. The van der Waals surface area contributed by atoms with Crippen molar-refractivity contribution in [1.29, 1.82) is 0 Å². The molecule has 1 aromatic carbocycles. The largest absolute Gasteiger partial charge is 0.399 e. The van der Waals surface area contributed by atoms with Crippen LogP contribution in [0.2, 0.25) is 0 Å². The first kappa shape index (κ1) is 14.8. The van der Waals surface area contributed by atoms with Gasteiger partial charge < -0.3 is 15.7 Å². The summed E-state index contributed by atoms with van der Waals surface area (Å²) in [5.74, 6) is 0. The highest BCUT2D eigenvalue weighted by Gasteiger charge is 2.20. The Morgan fingerprint density at radius 2 is 1.64 bits per heavy atom. The molecule has 0 saturated carbocycles. The number of nitrogens with zero attached hydrogens (tertiary/aromatic N) is 3. The van der Waals surface area contributed by atoms with Crippen LogP contribution >= 0.6 is 0 Å². The van der Waals surface area contributed by atoms with E-state index in [1.807, 2.05) is 48.8 Å². The lowest BCUT2D eigenvalue weighted by molar-refractivity contribution is 0.109. The zero-order valence-corrected chi connectivity index (χ0v) is 12.6. The third-order valence-corrected chi connectivity index (χ3v) is 4.15. The second-order valence-electron chi connectivity index (χ2n) is 5.68. The Morgan fingerprint density at radius 3 is 2.27 bits per heavy atom. The second kappa shape index (κ2) is 6.77. The molecule has 0 aliphatic carbocycles. The summed E-state index contributed by atoms with van der Waals surface area (Å²) in [4.78, 5) is 8.71. The van der Waals surface area contributed by atoms with E-state index in [-0.39, 0.29) is 0 Å². The molecule has 1 atom stereocenters. The van der Waals surface area contributed by atoms with Gasteiger partial charge in [0.2, 0.25) is 0 Å². The Labute approximate surface area is 131 Å². The molecular formula is C17H22N4O. The van der Waals surface area contributed by atoms with Crippen LogP contribution < -0.4 is 10.6 Å². The molecule has 22 heavy (non-hydrogen) atoms. The molecule has 0 radical (unpaired) electrons. The van der Waals surface area contributed by atoms with E-state index in [2.05, 4.69) is 14.8 Å². The average molecular weight is 298 g/mol. The molecule has 1 aliphatic rings. The fourth-order valence-electron chi connectivity index (χ4n) is 2.81. The molecule has 5 nitrogen and oxygen atoms in total. The second-order valence-corrected chi connectivity index (χ2v) is 5.68. The summed E-state index contributed by atoms with van der Waals surface area (Å²) in [6, 6.07) is 11.5. The number of nitrogens with two attached hydrogens (primary N) is 1. The van der Waals surface area contributed by atoms with Gasteiger partial charge in [0.1, 0.15) is 0 Å². The van der Waals surface area contributed by atoms with Gasteiger partial charge in [-0.15, -0.1) is 0 Å². The molecule has 2 aromatic rings. The number of hydrogen-bond donors (Lipinski definition) is 2. The van der Waals surface area contributed by atoms with Gasteiger partial charge in [-0.25, -0.2) is 0 Å². The Balaban J connectivity index is 1.52. The number of aromatic nitrogens is 1. The van der Waals surface area contributed by atoms with Crippen LogP contribution in [0.1, 0.15) is 11.7 Å². The molecule has 5 heteroatoms. The van der Waals surface area contributed by atoms with Gasteiger partial charge in [-0.1, -0.05) is 12.1 Å². The van der Waals surface area contributed by atoms with E-state index in [1.165, 1.54) is 5.69 Å². The van der Waals surface area contributed by atoms with Crippen molar-refractivity contribution in [3.63, 3.8) is 0 Å². The van der Waals surface area contributed by atoms with E-state index in [0.717, 1.165) is 37.4 Å². The molecule has 3 rings (SSSR count). The van der Waals surface area contributed by atoms with E-state index >= 15 is 0 Å². The fourth-order valence-corrected chi connectivity index (χ4v) is 2.81. The number of nitrogen functional groups attached to an aromatic ring is 1. The molecule has 1 fully saturated rings. The van der Waals surface area contributed by atoms with E-state index in [4.69, 9.17) is 5.73 Å². The Hall–Kier alpha value is -2.11. The monoisotopic (exact) mass is 298 g/mol. The molecular weight excluding hydrogens is 276 g/mol. The first-order chi connectivity index (χ1) is 10.7. The Morgan fingerprint density at radius 1 is 1.00 bits per heavy atom. The van der Waals surface area contributed by atoms with E-state index < -0.39 is 6.10 Å². The normalized spacial score (nSPS) is 17.4. The summed E-state index contributed by atoms with van der Waals surface area (Å²) >= 11 is 0. The van der Waals surface area contributed by atoms with Crippen LogP contribution in [0.4, 0.5) is 11.4 Å². The molecule has 0 bridgehead atoms. The first-order valence-corrected chi connectivity index (χ1v) is 7.63. The summed E-state index contributed by atoms with van der Waals surface area (Å²) in [6.07, 6.45) is 3.19. The molecule has 1 aliphatic heterocycles. The van der Waals surface area contributed by atoms with Gasteiger partial charge in [-0.2, -0.15) is 0 Å². The zero-order chi connectivity index (χ0) is 15.4. The van der Waals surface area contributed by atoms with Crippen molar-refractivity contribution in [2.45, 2.75) is 6.10 Å². The number of benzene rings is 1. The van der Waals surface area contributed by atoms with Crippen LogP contribution in [-0.2, 0) is 0 Å². The maximum atomic E-state index is 10.3. The van der Waals surface area contributed by atoms with Crippen LogP contribution in [0.3, 0.4) is 0 Å². The number of aliphatic hydroxyl groups is 1. The van der Waals surface area contributed by atoms with Crippen LogP contribution in [0.25, 0.3) is 0 Å². The number of aliphatic hydroxyl groups excluding tert-OH is 1. The van der Waals surface area contributed by atoms with Crippen molar-refractivity contribution in [3.8, 4) is 0 Å². The Kier molecular flexibility index (Phi) is 4.56. The predicted molar refractivity (Wildman–Crippen MR) is 88.7 cm³/mol. The highest BCUT2D eigenvalue weighted by Crippen LogP contribution is 2.19. The maximum Gasteiger partial charge on any atom is 0.0916 e. The topological polar surface area (TPSA) is 65.6 Å². The predicted octanol–water partition coefficient (Wildman–Crippen LogP) is 1.52. The van der Waals surface area contributed by atoms with Crippen molar-refractivity contribution in [2.24, 2.45) is 0 Å². The minimum atomic E-state index is -0.465. The molecule has 1 unspecified atom stereocenters. The molecule has 1 saturated heterocycles. The number of β-amino-alcohol motifs (C(OH)–C–C–N with tert-alkyl or cyclic N) is 1. The average Bonchev–Trinajstić information content (AvgIpc) is 2.57. The van der Waals surface area contributed by atoms with Gasteiger partial charge in [0.25, 0.3) is 0 Å². The van der Waals surface area contributed by atoms with Gasteiger partial charge in [-0.3, -0.25) is 9.88 Å².